The van der Waals surface area contributed by atoms with Crippen LogP contribution < -0.4 is 0 Å². The summed E-state index contributed by atoms with van der Waals surface area (Å²) in [4.78, 5) is 25.0. The summed E-state index contributed by atoms with van der Waals surface area (Å²) in [6.45, 7) is 0. The molecular weight excluding hydrogens is 675 g/mol. The highest BCUT2D eigenvalue weighted by atomic mass is 16.3. The van der Waals surface area contributed by atoms with Crippen molar-refractivity contribution >= 4 is 21.9 Å². The Hall–Kier alpha value is -7.31. The lowest BCUT2D eigenvalue weighted by molar-refractivity contribution is 0.669. The second kappa shape index (κ2) is 13.9. The minimum atomic E-state index is 0.206. The Kier molecular flexibility index (Phi) is 8.18. The summed E-state index contributed by atoms with van der Waals surface area (Å²) in [6.07, 6.45) is 9.53. The lowest BCUT2D eigenvalue weighted by Crippen LogP contribution is -2.04. The van der Waals surface area contributed by atoms with E-state index in [4.69, 9.17) is 29.3 Å². The quantitative estimate of drug-likeness (QED) is 0.164. The molecule has 6 nitrogen and oxygen atoms in total. The highest BCUT2D eigenvalue weighted by molar-refractivity contribution is 6.15. The van der Waals surface area contributed by atoms with Crippen LogP contribution >= 0.6 is 0 Å². The number of fused-ring (bicyclic) bond motifs is 3. The maximum atomic E-state index is 6.68. The van der Waals surface area contributed by atoms with Crippen molar-refractivity contribution in [1.82, 2.24) is 24.9 Å². The first kappa shape index (κ1) is 32.3. The van der Waals surface area contributed by atoms with Gasteiger partial charge in [-0.15, -0.1) is 0 Å². The molecule has 1 aliphatic carbocycles. The van der Waals surface area contributed by atoms with Gasteiger partial charge in [0.2, 0.25) is 0 Å². The van der Waals surface area contributed by atoms with Crippen LogP contribution in [0, 0.1) is 0 Å². The van der Waals surface area contributed by atoms with Crippen LogP contribution in [-0.2, 0) is 0 Å². The third-order valence-electron chi connectivity index (χ3n) is 10.1. The maximum Gasteiger partial charge on any atom is 0.167 e. The average Bonchev–Trinajstić information content (AvgIpc) is 3.67. The Balaban J connectivity index is 1.07. The summed E-state index contributed by atoms with van der Waals surface area (Å²) in [5.74, 6) is 2.69. The summed E-state index contributed by atoms with van der Waals surface area (Å²) in [7, 11) is 0. The van der Waals surface area contributed by atoms with Gasteiger partial charge in [0.15, 0.2) is 23.3 Å². The fourth-order valence-electron chi connectivity index (χ4n) is 7.33. The van der Waals surface area contributed by atoms with E-state index in [0.29, 0.717) is 23.3 Å². The van der Waals surface area contributed by atoms with Crippen molar-refractivity contribution in [3.8, 4) is 67.9 Å². The van der Waals surface area contributed by atoms with Crippen LogP contribution in [0.25, 0.3) is 89.9 Å². The third-order valence-corrected chi connectivity index (χ3v) is 10.1. The molecule has 1 unspecified atom stereocenters. The van der Waals surface area contributed by atoms with Gasteiger partial charge in [0, 0.05) is 38.9 Å². The van der Waals surface area contributed by atoms with Gasteiger partial charge >= 0.3 is 0 Å². The molecule has 0 spiro atoms. The first-order chi connectivity index (χ1) is 27.2. The second-order valence-electron chi connectivity index (χ2n) is 13.6. The van der Waals surface area contributed by atoms with E-state index < -0.39 is 0 Å². The molecule has 0 amide bonds. The van der Waals surface area contributed by atoms with Crippen molar-refractivity contribution < 1.29 is 4.42 Å². The summed E-state index contributed by atoms with van der Waals surface area (Å²) in [6, 6.07) is 53.4. The fourth-order valence-corrected chi connectivity index (χ4v) is 7.33. The van der Waals surface area contributed by atoms with E-state index in [-0.39, 0.29) is 5.92 Å². The first-order valence-electron chi connectivity index (χ1n) is 18.5. The SMILES string of the molecule is C1=CCC(c2cc(-c3ccccc3)nc(-c3ccc(-c4cccc5oc6c(-c7nc(-c8ccccc8)nc(-c8ccccc8)n7)cccc6c45)cc3)n2)C=C1. The summed E-state index contributed by atoms with van der Waals surface area (Å²) in [5, 5.41) is 2.03. The van der Waals surface area contributed by atoms with Crippen LogP contribution in [-0.4, -0.2) is 24.9 Å². The van der Waals surface area contributed by atoms with E-state index in [1.54, 1.807) is 0 Å². The third kappa shape index (κ3) is 6.19. The molecule has 9 aromatic rings. The van der Waals surface area contributed by atoms with Crippen molar-refractivity contribution in [2.75, 3.05) is 0 Å². The van der Waals surface area contributed by atoms with Gasteiger partial charge in [-0.25, -0.2) is 24.9 Å². The van der Waals surface area contributed by atoms with Crippen molar-refractivity contribution in [2.45, 2.75) is 12.3 Å². The Morgan fingerprint density at radius 2 is 1.04 bits per heavy atom. The molecule has 3 aromatic heterocycles. The Bertz CT molecular complexity index is 2820. The van der Waals surface area contributed by atoms with Gasteiger partial charge < -0.3 is 4.42 Å². The molecule has 0 aliphatic heterocycles. The number of rotatable bonds is 7. The van der Waals surface area contributed by atoms with Gasteiger partial charge in [-0.3, -0.25) is 0 Å². The summed E-state index contributed by atoms with van der Waals surface area (Å²) in [5.41, 5.74) is 10.3. The van der Waals surface area contributed by atoms with Crippen molar-refractivity contribution in [2.24, 2.45) is 0 Å². The highest BCUT2D eigenvalue weighted by Crippen LogP contribution is 2.41. The van der Waals surface area contributed by atoms with Crippen LogP contribution in [0.3, 0.4) is 0 Å². The molecule has 1 aliphatic rings. The minimum absolute atomic E-state index is 0.206. The van der Waals surface area contributed by atoms with E-state index in [1.807, 2.05) is 103 Å². The van der Waals surface area contributed by atoms with E-state index in [1.165, 1.54) is 0 Å². The minimum Gasteiger partial charge on any atom is -0.455 e. The normalized spacial score (nSPS) is 13.8. The monoisotopic (exact) mass is 707 g/mol. The predicted octanol–water partition coefficient (Wildman–Crippen LogP) is 12.2. The first-order valence-corrected chi connectivity index (χ1v) is 18.5. The van der Waals surface area contributed by atoms with E-state index in [0.717, 1.165) is 78.7 Å². The highest BCUT2D eigenvalue weighted by Gasteiger charge is 2.20. The zero-order valence-corrected chi connectivity index (χ0v) is 29.7. The molecule has 0 fully saturated rings. The molecule has 260 valence electrons. The van der Waals surface area contributed by atoms with Gasteiger partial charge in [0.05, 0.1) is 17.0 Å². The molecule has 10 rings (SSSR count). The van der Waals surface area contributed by atoms with Crippen LogP contribution in [0.4, 0.5) is 0 Å². The number of para-hydroxylation sites is 1. The molecule has 6 aromatic carbocycles. The van der Waals surface area contributed by atoms with Crippen LogP contribution in [0.2, 0.25) is 0 Å². The fraction of sp³-hybridized carbons (Fsp3) is 0.0408. The number of furan rings is 1. The van der Waals surface area contributed by atoms with Crippen molar-refractivity contribution in [3.05, 3.63) is 188 Å². The van der Waals surface area contributed by atoms with Gasteiger partial charge in [-0.05, 0) is 35.7 Å². The average molecular weight is 708 g/mol. The maximum absolute atomic E-state index is 6.68. The van der Waals surface area contributed by atoms with Gasteiger partial charge in [-0.2, -0.15) is 0 Å². The van der Waals surface area contributed by atoms with Crippen molar-refractivity contribution in [3.63, 3.8) is 0 Å². The lowest BCUT2D eigenvalue weighted by Gasteiger charge is -2.15. The Labute approximate surface area is 318 Å². The molecular formula is C49H33N5O. The number of allylic oxidation sites excluding steroid dienone is 4. The number of benzene rings is 6. The van der Waals surface area contributed by atoms with Gasteiger partial charge in [-0.1, -0.05) is 164 Å². The standard InChI is InChI=1S/C49H33N5O/c1-5-15-33(16-6-1)41-31-42(34-17-7-2-8-18-34)51-46(50-41)37-29-27-32(28-30-37)38-23-14-26-43-44(38)39-24-13-25-40(45(39)55-43)49-53-47(35-19-9-3-10-20-35)52-48(54-49)36-21-11-4-12-22-36/h1-17,19-31,34H,18H2. The molecule has 0 bridgehead atoms. The second-order valence-corrected chi connectivity index (χ2v) is 13.6. The molecule has 0 radical (unpaired) electrons. The summed E-state index contributed by atoms with van der Waals surface area (Å²) >= 11 is 0. The molecule has 55 heavy (non-hydrogen) atoms. The van der Waals surface area contributed by atoms with Crippen LogP contribution in [0.5, 0.6) is 0 Å². The molecule has 0 saturated heterocycles. The number of nitrogens with zero attached hydrogens (tertiary/aromatic N) is 5. The van der Waals surface area contributed by atoms with Crippen LogP contribution in [0.1, 0.15) is 18.0 Å². The number of hydrogen-bond donors (Lipinski definition) is 0. The van der Waals surface area contributed by atoms with Crippen molar-refractivity contribution in [1.29, 1.82) is 0 Å². The lowest BCUT2D eigenvalue weighted by atomic mass is 9.95. The zero-order chi connectivity index (χ0) is 36.6. The van der Waals surface area contributed by atoms with E-state index in [9.17, 15) is 0 Å². The zero-order valence-electron chi connectivity index (χ0n) is 29.7. The molecule has 1 atom stereocenters. The molecule has 0 N–H and O–H groups in total. The predicted molar refractivity (Wildman–Crippen MR) is 221 cm³/mol. The molecule has 0 saturated carbocycles. The summed E-state index contributed by atoms with van der Waals surface area (Å²) < 4.78 is 6.68. The number of hydrogen-bond acceptors (Lipinski definition) is 6. The van der Waals surface area contributed by atoms with E-state index >= 15 is 0 Å². The Morgan fingerprint density at radius 1 is 0.455 bits per heavy atom. The topological polar surface area (TPSA) is 77.6 Å². The largest absolute Gasteiger partial charge is 0.455 e. The smallest absolute Gasteiger partial charge is 0.167 e. The van der Waals surface area contributed by atoms with Gasteiger partial charge in [0.25, 0.3) is 0 Å². The molecule has 6 heteroatoms. The van der Waals surface area contributed by atoms with E-state index in [2.05, 4.69) is 78.9 Å². The Morgan fingerprint density at radius 3 is 1.71 bits per heavy atom. The van der Waals surface area contributed by atoms with Crippen LogP contribution in [0.15, 0.2) is 186 Å². The van der Waals surface area contributed by atoms with Gasteiger partial charge in [0.1, 0.15) is 11.2 Å². The molecule has 3 heterocycles. The number of aromatic nitrogens is 5.